The van der Waals surface area contributed by atoms with E-state index in [1.54, 1.807) is 25.1 Å². The number of hydrogen-bond acceptors (Lipinski definition) is 3. The zero-order chi connectivity index (χ0) is 20.5. The SMILES string of the molecule is Cc1c(-c2ccc(C(=O)NCC(C)(C)C)cn2)ccc(C(=O)NC2CC2)c1F. The first-order chi connectivity index (χ1) is 13.2. The minimum Gasteiger partial charge on any atom is -0.351 e. The second-order valence-corrected chi connectivity index (χ2v) is 8.52. The molecular weight excluding hydrogens is 357 g/mol. The minimum absolute atomic E-state index is 0.00872. The molecule has 148 valence electrons. The van der Waals surface area contributed by atoms with Crippen molar-refractivity contribution in [3.63, 3.8) is 0 Å². The number of rotatable bonds is 5. The quantitative estimate of drug-likeness (QED) is 0.823. The van der Waals surface area contributed by atoms with Gasteiger partial charge in [-0.3, -0.25) is 14.6 Å². The molecule has 2 amide bonds. The molecule has 1 fully saturated rings. The predicted molar refractivity (Wildman–Crippen MR) is 107 cm³/mol. The number of nitrogens with zero attached hydrogens (tertiary/aromatic N) is 1. The lowest BCUT2D eigenvalue weighted by Gasteiger charge is -2.18. The Morgan fingerprint density at radius 2 is 1.86 bits per heavy atom. The van der Waals surface area contributed by atoms with Gasteiger partial charge in [0.2, 0.25) is 0 Å². The smallest absolute Gasteiger partial charge is 0.254 e. The summed E-state index contributed by atoms with van der Waals surface area (Å²) in [4.78, 5) is 28.7. The van der Waals surface area contributed by atoms with Crippen molar-refractivity contribution in [2.45, 2.75) is 46.6 Å². The fraction of sp³-hybridized carbons (Fsp3) is 0.409. The molecule has 0 atom stereocenters. The Kier molecular flexibility index (Phi) is 5.49. The molecule has 1 aliphatic rings. The third kappa shape index (κ3) is 4.74. The molecule has 0 radical (unpaired) electrons. The maximum atomic E-state index is 14.7. The molecule has 0 bridgehead atoms. The Balaban J connectivity index is 1.77. The van der Waals surface area contributed by atoms with Crippen LogP contribution in [0.15, 0.2) is 30.5 Å². The molecule has 3 rings (SSSR count). The van der Waals surface area contributed by atoms with Crippen LogP contribution in [0, 0.1) is 18.2 Å². The van der Waals surface area contributed by atoms with Crippen molar-refractivity contribution in [3.05, 3.63) is 53.0 Å². The lowest BCUT2D eigenvalue weighted by Crippen LogP contribution is -2.32. The van der Waals surface area contributed by atoms with Crippen molar-refractivity contribution >= 4 is 11.8 Å². The molecule has 1 aromatic carbocycles. The molecule has 0 unspecified atom stereocenters. The molecule has 1 saturated carbocycles. The summed E-state index contributed by atoms with van der Waals surface area (Å²) in [5.41, 5.74) is 2.00. The number of nitrogens with one attached hydrogen (secondary N) is 2. The highest BCUT2D eigenvalue weighted by Crippen LogP contribution is 2.27. The average Bonchev–Trinajstić information content (AvgIpc) is 3.45. The Hall–Kier alpha value is -2.76. The summed E-state index contributed by atoms with van der Waals surface area (Å²) in [6.45, 7) is 8.31. The van der Waals surface area contributed by atoms with E-state index in [2.05, 4.69) is 15.6 Å². The van der Waals surface area contributed by atoms with Gasteiger partial charge in [-0.25, -0.2) is 4.39 Å². The minimum atomic E-state index is -0.538. The maximum absolute atomic E-state index is 14.7. The zero-order valence-electron chi connectivity index (χ0n) is 16.7. The summed E-state index contributed by atoms with van der Waals surface area (Å²) in [5.74, 6) is -1.11. The number of hydrogen-bond donors (Lipinski definition) is 2. The Bertz CT molecular complexity index is 897. The van der Waals surface area contributed by atoms with E-state index >= 15 is 0 Å². The molecular formula is C22H26FN3O2. The Labute approximate surface area is 164 Å². The molecule has 6 heteroatoms. The van der Waals surface area contributed by atoms with Crippen LogP contribution >= 0.6 is 0 Å². The van der Waals surface area contributed by atoms with E-state index in [9.17, 15) is 14.0 Å². The summed E-state index contributed by atoms with van der Waals surface area (Å²) >= 11 is 0. The summed E-state index contributed by atoms with van der Waals surface area (Å²) in [5, 5.41) is 5.68. The van der Waals surface area contributed by atoms with Crippen molar-refractivity contribution < 1.29 is 14.0 Å². The van der Waals surface area contributed by atoms with Crippen molar-refractivity contribution in [2.24, 2.45) is 5.41 Å². The van der Waals surface area contributed by atoms with E-state index in [1.807, 2.05) is 20.8 Å². The standard InChI is InChI=1S/C22H26FN3O2/c1-13-16(8-9-17(19(13)23)21(28)26-15-6-7-15)18-10-5-14(11-24-18)20(27)25-12-22(2,3)4/h5,8-11,15H,6-7,12H2,1-4H3,(H,25,27)(H,26,28). The van der Waals surface area contributed by atoms with Gasteiger partial charge in [-0.15, -0.1) is 0 Å². The highest BCUT2D eigenvalue weighted by Gasteiger charge is 2.26. The summed E-state index contributed by atoms with van der Waals surface area (Å²) in [7, 11) is 0. The van der Waals surface area contributed by atoms with Crippen LogP contribution < -0.4 is 10.6 Å². The van der Waals surface area contributed by atoms with E-state index in [0.717, 1.165) is 12.8 Å². The lowest BCUT2D eigenvalue weighted by molar-refractivity contribution is 0.0934. The van der Waals surface area contributed by atoms with Gasteiger partial charge in [0.1, 0.15) is 5.82 Å². The van der Waals surface area contributed by atoms with Crippen LogP contribution in [0.4, 0.5) is 4.39 Å². The third-order valence-corrected chi connectivity index (χ3v) is 4.62. The van der Waals surface area contributed by atoms with Gasteiger partial charge in [0, 0.05) is 24.3 Å². The van der Waals surface area contributed by atoms with Gasteiger partial charge in [0.15, 0.2) is 0 Å². The van der Waals surface area contributed by atoms with Crippen LogP contribution in [0.5, 0.6) is 0 Å². The van der Waals surface area contributed by atoms with Gasteiger partial charge in [-0.1, -0.05) is 26.8 Å². The van der Waals surface area contributed by atoms with Crippen molar-refractivity contribution in [3.8, 4) is 11.3 Å². The van der Waals surface area contributed by atoms with Gasteiger partial charge in [-0.05, 0) is 48.9 Å². The highest BCUT2D eigenvalue weighted by atomic mass is 19.1. The predicted octanol–water partition coefficient (Wildman–Crippen LogP) is 3.86. The average molecular weight is 383 g/mol. The van der Waals surface area contributed by atoms with Crippen LogP contribution in [0.25, 0.3) is 11.3 Å². The van der Waals surface area contributed by atoms with Gasteiger partial charge >= 0.3 is 0 Å². The third-order valence-electron chi connectivity index (χ3n) is 4.62. The Morgan fingerprint density at radius 3 is 2.43 bits per heavy atom. The van der Waals surface area contributed by atoms with E-state index in [4.69, 9.17) is 0 Å². The van der Waals surface area contributed by atoms with Gasteiger partial charge < -0.3 is 10.6 Å². The van der Waals surface area contributed by atoms with Crippen LogP contribution in [0.3, 0.4) is 0 Å². The highest BCUT2D eigenvalue weighted by molar-refractivity contribution is 5.96. The molecule has 5 nitrogen and oxygen atoms in total. The van der Waals surface area contributed by atoms with Crippen molar-refractivity contribution in [1.29, 1.82) is 0 Å². The first-order valence-electron chi connectivity index (χ1n) is 9.50. The van der Waals surface area contributed by atoms with E-state index in [1.165, 1.54) is 12.3 Å². The number of amides is 2. The van der Waals surface area contributed by atoms with Crippen molar-refractivity contribution in [1.82, 2.24) is 15.6 Å². The van der Waals surface area contributed by atoms with Crippen LogP contribution in [0.1, 0.15) is 59.9 Å². The first kappa shape index (κ1) is 20.0. The number of carbonyl (C=O) groups excluding carboxylic acids is 2. The molecule has 1 aromatic heterocycles. The van der Waals surface area contributed by atoms with Crippen LogP contribution in [0.2, 0.25) is 0 Å². The Morgan fingerprint density at radius 1 is 1.14 bits per heavy atom. The molecule has 0 spiro atoms. The van der Waals surface area contributed by atoms with Crippen LogP contribution in [-0.2, 0) is 0 Å². The summed E-state index contributed by atoms with van der Waals surface area (Å²) in [6, 6.07) is 6.72. The number of halogens is 1. The van der Waals surface area contributed by atoms with Gasteiger partial charge in [0.05, 0.1) is 16.8 Å². The summed E-state index contributed by atoms with van der Waals surface area (Å²) in [6.07, 6.45) is 3.38. The van der Waals surface area contributed by atoms with Crippen LogP contribution in [-0.4, -0.2) is 29.4 Å². The summed E-state index contributed by atoms with van der Waals surface area (Å²) < 4.78 is 14.7. The second-order valence-electron chi connectivity index (χ2n) is 8.52. The zero-order valence-corrected chi connectivity index (χ0v) is 16.7. The fourth-order valence-corrected chi connectivity index (χ4v) is 2.76. The molecule has 1 heterocycles. The fourth-order valence-electron chi connectivity index (χ4n) is 2.76. The van der Waals surface area contributed by atoms with E-state index < -0.39 is 5.82 Å². The molecule has 28 heavy (non-hydrogen) atoms. The van der Waals surface area contributed by atoms with Gasteiger partial charge in [-0.2, -0.15) is 0 Å². The first-order valence-corrected chi connectivity index (χ1v) is 9.50. The number of carbonyl (C=O) groups is 2. The van der Waals surface area contributed by atoms with E-state index in [-0.39, 0.29) is 28.8 Å². The molecule has 0 saturated heterocycles. The number of benzene rings is 1. The van der Waals surface area contributed by atoms with Gasteiger partial charge in [0.25, 0.3) is 11.8 Å². The second kappa shape index (κ2) is 7.70. The normalized spacial score (nSPS) is 13.9. The number of aromatic nitrogens is 1. The van der Waals surface area contributed by atoms with Crippen molar-refractivity contribution in [2.75, 3.05) is 6.54 Å². The topological polar surface area (TPSA) is 71.1 Å². The number of pyridine rings is 1. The molecule has 2 aromatic rings. The maximum Gasteiger partial charge on any atom is 0.254 e. The molecule has 1 aliphatic carbocycles. The largest absolute Gasteiger partial charge is 0.351 e. The molecule has 2 N–H and O–H groups in total. The van der Waals surface area contributed by atoms with E-state index in [0.29, 0.717) is 28.9 Å². The molecule has 0 aliphatic heterocycles. The monoisotopic (exact) mass is 383 g/mol. The lowest BCUT2D eigenvalue weighted by atomic mass is 9.97.